The molecule has 2 heterocycles. The van der Waals surface area contributed by atoms with Crippen LogP contribution in [-0.2, 0) is 6.54 Å². The number of nitriles is 1. The summed E-state index contributed by atoms with van der Waals surface area (Å²) in [5.41, 5.74) is 3.51. The molecule has 4 aromatic rings. The second-order valence-corrected chi connectivity index (χ2v) is 7.68. The third-order valence-corrected chi connectivity index (χ3v) is 5.98. The molecule has 2 amide bonds. The predicted molar refractivity (Wildman–Crippen MR) is 118 cm³/mol. The average Bonchev–Trinajstić information content (AvgIpc) is 3.25. The SMILES string of the molecule is COc1ccc2c(c1)c1c3c(c(-c4ccccc4Cl)cc1n2CCC#N)C(=O)NC3=O. The van der Waals surface area contributed by atoms with E-state index in [2.05, 4.69) is 11.4 Å². The lowest BCUT2D eigenvalue weighted by molar-refractivity contribution is 0.0880. The number of methoxy groups -OCH3 is 1. The Morgan fingerprint density at radius 2 is 1.81 bits per heavy atom. The van der Waals surface area contributed by atoms with Crippen molar-refractivity contribution in [2.45, 2.75) is 13.0 Å². The van der Waals surface area contributed by atoms with Gasteiger partial charge in [-0.25, -0.2) is 0 Å². The van der Waals surface area contributed by atoms with Crippen LogP contribution in [-0.4, -0.2) is 23.5 Å². The molecule has 6 nitrogen and oxygen atoms in total. The molecule has 31 heavy (non-hydrogen) atoms. The van der Waals surface area contributed by atoms with Gasteiger partial charge in [-0.1, -0.05) is 29.8 Å². The molecule has 1 aromatic heterocycles. The van der Waals surface area contributed by atoms with Crippen molar-refractivity contribution < 1.29 is 14.3 Å². The van der Waals surface area contributed by atoms with Crippen molar-refractivity contribution in [2.24, 2.45) is 0 Å². The van der Waals surface area contributed by atoms with Crippen LogP contribution in [0.2, 0.25) is 5.02 Å². The number of nitrogens with one attached hydrogen (secondary N) is 1. The number of amides is 2. The molecule has 1 aliphatic heterocycles. The third kappa shape index (κ3) is 2.78. The van der Waals surface area contributed by atoms with Crippen LogP contribution in [0.4, 0.5) is 0 Å². The zero-order valence-corrected chi connectivity index (χ0v) is 17.3. The minimum atomic E-state index is -0.447. The third-order valence-electron chi connectivity index (χ3n) is 5.65. The number of carbonyl (C=O) groups is 2. The van der Waals surface area contributed by atoms with Crippen LogP contribution in [0, 0.1) is 11.3 Å². The Hall–Kier alpha value is -3.82. The van der Waals surface area contributed by atoms with E-state index in [0.717, 1.165) is 16.4 Å². The largest absolute Gasteiger partial charge is 0.497 e. The van der Waals surface area contributed by atoms with Crippen molar-refractivity contribution in [3.05, 3.63) is 64.7 Å². The molecule has 0 saturated heterocycles. The molecular weight excluding hydrogens is 414 g/mol. The highest BCUT2D eigenvalue weighted by atomic mass is 35.5. The van der Waals surface area contributed by atoms with Crippen molar-refractivity contribution >= 4 is 45.2 Å². The number of aryl methyl sites for hydroxylation is 1. The van der Waals surface area contributed by atoms with Crippen molar-refractivity contribution in [2.75, 3.05) is 7.11 Å². The summed E-state index contributed by atoms with van der Waals surface area (Å²) in [7, 11) is 1.58. The van der Waals surface area contributed by atoms with Gasteiger partial charge < -0.3 is 9.30 Å². The Labute approximate surface area is 182 Å². The van der Waals surface area contributed by atoms with Gasteiger partial charge in [-0.2, -0.15) is 5.26 Å². The van der Waals surface area contributed by atoms with Gasteiger partial charge in [0.1, 0.15) is 5.75 Å². The van der Waals surface area contributed by atoms with E-state index in [-0.39, 0.29) is 0 Å². The maximum Gasteiger partial charge on any atom is 0.259 e. The summed E-state index contributed by atoms with van der Waals surface area (Å²) in [6.45, 7) is 0.444. The van der Waals surface area contributed by atoms with E-state index in [4.69, 9.17) is 16.3 Å². The van der Waals surface area contributed by atoms with Crippen molar-refractivity contribution in [1.29, 1.82) is 5.26 Å². The minimum Gasteiger partial charge on any atom is -0.497 e. The smallest absolute Gasteiger partial charge is 0.259 e. The molecule has 1 aliphatic rings. The van der Waals surface area contributed by atoms with Gasteiger partial charge in [-0.3, -0.25) is 14.9 Å². The van der Waals surface area contributed by atoms with Crippen molar-refractivity contribution in [3.8, 4) is 22.9 Å². The summed E-state index contributed by atoms with van der Waals surface area (Å²) in [6.07, 6.45) is 0.300. The van der Waals surface area contributed by atoms with Gasteiger partial charge >= 0.3 is 0 Å². The summed E-state index contributed by atoms with van der Waals surface area (Å²) < 4.78 is 7.40. The molecule has 3 aromatic carbocycles. The standard InChI is InChI=1S/C24H16ClN3O3/c1-31-13-7-8-18-16(11-13)20-19(28(18)10-4-9-26)12-15(14-5-2-3-6-17(14)25)21-22(20)24(30)27-23(21)29/h2-3,5-8,11-12H,4,10H2,1H3,(H,27,29,30). The molecule has 0 fully saturated rings. The van der Waals surface area contributed by atoms with Gasteiger partial charge in [0.15, 0.2) is 0 Å². The van der Waals surface area contributed by atoms with Gasteiger partial charge in [0.2, 0.25) is 0 Å². The fourth-order valence-electron chi connectivity index (χ4n) is 4.35. The molecule has 7 heteroatoms. The molecule has 0 radical (unpaired) electrons. The Bertz CT molecular complexity index is 1460. The number of aromatic nitrogens is 1. The number of halogens is 1. The number of carbonyl (C=O) groups excluding carboxylic acids is 2. The van der Waals surface area contributed by atoms with Gasteiger partial charge in [-0.15, -0.1) is 0 Å². The Morgan fingerprint density at radius 1 is 1.03 bits per heavy atom. The first-order valence-electron chi connectivity index (χ1n) is 9.69. The van der Waals surface area contributed by atoms with Crippen molar-refractivity contribution in [3.63, 3.8) is 0 Å². The van der Waals surface area contributed by atoms with Gasteiger partial charge in [0.05, 0.1) is 36.2 Å². The van der Waals surface area contributed by atoms with E-state index in [1.165, 1.54) is 0 Å². The lowest BCUT2D eigenvalue weighted by Crippen LogP contribution is -2.20. The molecule has 1 N–H and O–H groups in total. The zero-order valence-electron chi connectivity index (χ0n) is 16.5. The molecule has 0 spiro atoms. The topological polar surface area (TPSA) is 84.1 Å². The zero-order chi connectivity index (χ0) is 21.7. The fraction of sp³-hybridized carbons (Fsp3) is 0.125. The predicted octanol–water partition coefficient (Wildman–Crippen LogP) is 4.92. The lowest BCUT2D eigenvalue weighted by atomic mass is 9.93. The molecule has 0 unspecified atom stereocenters. The highest BCUT2D eigenvalue weighted by Gasteiger charge is 2.34. The number of hydrogen-bond acceptors (Lipinski definition) is 4. The second-order valence-electron chi connectivity index (χ2n) is 7.27. The first-order valence-corrected chi connectivity index (χ1v) is 10.1. The summed E-state index contributed by atoms with van der Waals surface area (Å²) in [5, 5.41) is 13.6. The number of rotatable bonds is 4. The monoisotopic (exact) mass is 429 g/mol. The van der Waals surface area contributed by atoms with Crippen LogP contribution in [0.1, 0.15) is 27.1 Å². The number of hydrogen-bond donors (Lipinski definition) is 1. The van der Waals surface area contributed by atoms with E-state index >= 15 is 0 Å². The molecule has 152 valence electrons. The number of benzene rings is 3. The van der Waals surface area contributed by atoms with E-state index < -0.39 is 11.8 Å². The highest BCUT2D eigenvalue weighted by Crippen LogP contribution is 2.42. The molecule has 5 rings (SSSR count). The van der Waals surface area contributed by atoms with Crippen molar-refractivity contribution in [1.82, 2.24) is 9.88 Å². The van der Waals surface area contributed by atoms with Crippen LogP contribution in [0.25, 0.3) is 32.9 Å². The van der Waals surface area contributed by atoms with Crippen LogP contribution in [0.15, 0.2) is 48.5 Å². The number of ether oxygens (including phenoxy) is 1. The quantitative estimate of drug-likeness (QED) is 0.466. The summed E-state index contributed by atoms with van der Waals surface area (Å²) in [6, 6.07) is 16.9. The highest BCUT2D eigenvalue weighted by molar-refractivity contribution is 6.36. The molecule has 0 aliphatic carbocycles. The van der Waals surface area contributed by atoms with E-state index in [0.29, 0.717) is 51.4 Å². The molecule has 0 saturated carbocycles. The first-order chi connectivity index (χ1) is 15.0. The number of fused-ring (bicyclic) bond motifs is 5. The van der Waals surface area contributed by atoms with Gasteiger partial charge in [-0.05, 0) is 35.9 Å². The fourth-order valence-corrected chi connectivity index (χ4v) is 4.59. The van der Waals surface area contributed by atoms with Gasteiger partial charge in [0.25, 0.3) is 11.8 Å². The van der Waals surface area contributed by atoms with E-state index in [1.807, 2.05) is 47.0 Å². The minimum absolute atomic E-state index is 0.300. The summed E-state index contributed by atoms with van der Waals surface area (Å²) in [5.74, 6) is -0.251. The van der Waals surface area contributed by atoms with Crippen LogP contribution < -0.4 is 10.1 Å². The Balaban J connectivity index is 1.99. The van der Waals surface area contributed by atoms with Crippen LogP contribution >= 0.6 is 11.6 Å². The number of nitrogens with zero attached hydrogens (tertiary/aromatic N) is 2. The molecule has 0 atom stereocenters. The first kappa shape index (κ1) is 19.2. The maximum absolute atomic E-state index is 12.9. The average molecular weight is 430 g/mol. The Kier molecular flexibility index (Phi) is 4.42. The van der Waals surface area contributed by atoms with Gasteiger partial charge in [0, 0.05) is 33.4 Å². The summed E-state index contributed by atoms with van der Waals surface area (Å²) in [4.78, 5) is 25.7. The van der Waals surface area contributed by atoms with E-state index in [1.54, 1.807) is 13.2 Å². The number of imide groups is 1. The summed E-state index contributed by atoms with van der Waals surface area (Å²) >= 11 is 6.45. The lowest BCUT2D eigenvalue weighted by Gasteiger charge is -2.11. The maximum atomic E-state index is 12.9. The van der Waals surface area contributed by atoms with Crippen LogP contribution in [0.5, 0.6) is 5.75 Å². The normalized spacial score (nSPS) is 12.8. The molecular formula is C24H16ClN3O3. The van der Waals surface area contributed by atoms with E-state index in [9.17, 15) is 14.9 Å². The Morgan fingerprint density at radius 3 is 2.55 bits per heavy atom. The molecule has 0 bridgehead atoms. The van der Waals surface area contributed by atoms with Crippen LogP contribution in [0.3, 0.4) is 0 Å². The second kappa shape index (κ2) is 7.15.